The average Bonchev–Trinajstić information content (AvgIpc) is 1.98. The molecule has 66 valence electrons. The fourth-order valence-electron chi connectivity index (χ4n) is 0.922. The van der Waals surface area contributed by atoms with E-state index in [-0.39, 0.29) is 0 Å². The van der Waals surface area contributed by atoms with Crippen molar-refractivity contribution >= 4 is 27.0 Å². The predicted molar refractivity (Wildman–Crippen MR) is 46.9 cm³/mol. The molecule has 1 rings (SSSR count). The second-order valence-electron chi connectivity index (χ2n) is 2.46. The third-order valence-electron chi connectivity index (χ3n) is 1.62. The van der Waals surface area contributed by atoms with E-state index in [1.165, 1.54) is 0 Å². The zero-order valence-electron chi connectivity index (χ0n) is 6.73. The third-order valence-corrected chi connectivity index (χ3v) is 10.9. The standard InChI is InChI=1S/C4H9NO2.C2H5.ClH.Sn/c6-3-1-5-2-4-7;1-2;;/h5H,1-4H2;1H2,2H3;1H;/q-2;;;+3/p-1. The molecule has 1 N–H and O–H groups in total. The molecule has 3 nitrogen and oxygen atoms in total. The molecule has 0 radical (unpaired) electrons. The zero-order valence-corrected chi connectivity index (χ0v) is 10.3. The van der Waals surface area contributed by atoms with E-state index < -0.39 is 18.1 Å². The van der Waals surface area contributed by atoms with Crippen molar-refractivity contribution in [2.45, 2.75) is 11.4 Å². The monoisotopic (exact) mass is 287 g/mol. The van der Waals surface area contributed by atoms with Gasteiger partial charge >= 0.3 is 76.1 Å². The van der Waals surface area contributed by atoms with Crippen molar-refractivity contribution < 1.29 is 6.15 Å². The third kappa shape index (κ3) is 3.46. The number of hydrogen-bond donors (Lipinski definition) is 1. The molecule has 0 amide bonds. The van der Waals surface area contributed by atoms with Gasteiger partial charge in [-0.2, -0.15) is 0 Å². The van der Waals surface area contributed by atoms with Gasteiger partial charge in [-0.05, 0) is 0 Å². The van der Waals surface area contributed by atoms with E-state index in [1.807, 2.05) is 6.92 Å². The van der Waals surface area contributed by atoms with Crippen LogP contribution in [0.1, 0.15) is 6.92 Å². The summed E-state index contributed by atoms with van der Waals surface area (Å²) in [5.41, 5.74) is 0. The summed E-state index contributed by atoms with van der Waals surface area (Å²) in [5, 5.41) is 3.17. The fraction of sp³-hybridized carbons (Fsp3) is 1.00. The van der Waals surface area contributed by atoms with Crippen LogP contribution in [0.2, 0.25) is 4.44 Å². The molecule has 11 heavy (non-hydrogen) atoms. The maximum atomic E-state index is 6.17. The minimum atomic E-state index is -2.97. The van der Waals surface area contributed by atoms with Crippen LogP contribution in [0.3, 0.4) is 0 Å². The molecule has 1 aliphatic heterocycles. The molecule has 0 atom stereocenters. The molecule has 0 bridgehead atoms. The molecule has 0 spiro atoms. The molecular weight excluding hydrogens is 272 g/mol. The van der Waals surface area contributed by atoms with E-state index in [4.69, 9.17) is 15.1 Å². The Morgan fingerprint density at radius 3 is 2.36 bits per heavy atom. The van der Waals surface area contributed by atoms with Gasteiger partial charge in [-0.3, -0.25) is 0 Å². The van der Waals surface area contributed by atoms with Gasteiger partial charge in [0, 0.05) is 0 Å². The topological polar surface area (TPSA) is 30.5 Å². The average molecular weight is 286 g/mol. The summed E-state index contributed by atoms with van der Waals surface area (Å²) >= 11 is -2.97. The Bertz CT molecular complexity index is 117. The molecule has 0 saturated carbocycles. The second-order valence-corrected chi connectivity index (χ2v) is 13.8. The quantitative estimate of drug-likeness (QED) is 0.724. The minimum absolute atomic E-state index is 0.702. The van der Waals surface area contributed by atoms with Gasteiger partial charge in [0.2, 0.25) is 0 Å². The number of hydrogen-bond acceptors (Lipinski definition) is 3. The van der Waals surface area contributed by atoms with Gasteiger partial charge in [0.1, 0.15) is 0 Å². The molecule has 1 aliphatic rings. The van der Waals surface area contributed by atoms with Gasteiger partial charge in [-0.1, -0.05) is 0 Å². The van der Waals surface area contributed by atoms with Gasteiger partial charge in [-0.25, -0.2) is 0 Å². The Morgan fingerprint density at radius 2 is 1.91 bits per heavy atom. The van der Waals surface area contributed by atoms with Crippen LogP contribution in [0, 0.1) is 0 Å². The van der Waals surface area contributed by atoms with E-state index in [2.05, 4.69) is 5.32 Å². The Morgan fingerprint density at radius 1 is 1.36 bits per heavy atom. The Kier molecular flexibility index (Phi) is 4.45. The van der Waals surface area contributed by atoms with Crippen LogP contribution in [0.4, 0.5) is 0 Å². The number of rotatable bonds is 1. The zero-order chi connectivity index (χ0) is 8.16. The molecule has 1 heterocycles. The van der Waals surface area contributed by atoms with Gasteiger partial charge < -0.3 is 0 Å². The summed E-state index contributed by atoms with van der Waals surface area (Å²) in [6.07, 6.45) is 0. The van der Waals surface area contributed by atoms with Crippen LogP contribution in [-0.2, 0) is 6.15 Å². The number of halogens is 1. The summed E-state index contributed by atoms with van der Waals surface area (Å²) < 4.78 is 11.9. The van der Waals surface area contributed by atoms with E-state index in [0.29, 0.717) is 13.2 Å². The molecule has 0 aromatic carbocycles. The summed E-state index contributed by atoms with van der Waals surface area (Å²) in [6, 6.07) is 0. The van der Waals surface area contributed by atoms with Crippen molar-refractivity contribution in [3.05, 3.63) is 0 Å². The molecule has 0 aromatic heterocycles. The van der Waals surface area contributed by atoms with Crippen LogP contribution in [0.5, 0.6) is 0 Å². The Labute approximate surface area is 76.1 Å². The van der Waals surface area contributed by atoms with Crippen molar-refractivity contribution in [1.82, 2.24) is 5.32 Å². The first-order valence-corrected chi connectivity index (χ1v) is 11.9. The normalized spacial score (nSPS) is 25.6. The summed E-state index contributed by atoms with van der Waals surface area (Å²) in [5.74, 6) is 0. The van der Waals surface area contributed by atoms with Crippen LogP contribution >= 0.6 is 8.92 Å². The van der Waals surface area contributed by atoms with Crippen LogP contribution in [-0.4, -0.2) is 44.4 Å². The molecule has 1 fully saturated rings. The Hall–Kier alpha value is 0.969. The van der Waals surface area contributed by atoms with E-state index in [9.17, 15) is 0 Å². The van der Waals surface area contributed by atoms with E-state index >= 15 is 0 Å². The predicted octanol–water partition coefficient (Wildman–Crippen LogP) is 0.820. The van der Waals surface area contributed by atoms with Crippen LogP contribution in [0.25, 0.3) is 0 Å². The first kappa shape index (κ1) is 10.1. The van der Waals surface area contributed by atoms with Gasteiger partial charge in [0.05, 0.1) is 0 Å². The van der Waals surface area contributed by atoms with Gasteiger partial charge in [-0.15, -0.1) is 0 Å². The summed E-state index contributed by atoms with van der Waals surface area (Å²) in [6.45, 7) is 5.24. The summed E-state index contributed by atoms with van der Waals surface area (Å²) in [7, 11) is 6.17. The molecule has 0 aromatic rings. The first-order chi connectivity index (χ1) is 5.27. The molecule has 1 saturated heterocycles. The second kappa shape index (κ2) is 4.86. The first-order valence-electron chi connectivity index (χ1n) is 3.94. The SMILES string of the molecule is C[CH2][Sn]1([Cl])[O]CCNCC[O]1. The van der Waals surface area contributed by atoms with Crippen molar-refractivity contribution in [2.75, 3.05) is 26.3 Å². The van der Waals surface area contributed by atoms with E-state index in [0.717, 1.165) is 17.5 Å². The Balaban J connectivity index is 2.37. The molecule has 0 unspecified atom stereocenters. The van der Waals surface area contributed by atoms with Crippen LogP contribution in [0.15, 0.2) is 0 Å². The molecular formula is C6H14ClNO2Sn. The van der Waals surface area contributed by atoms with Crippen LogP contribution < -0.4 is 5.32 Å². The number of nitrogens with one attached hydrogen (secondary N) is 1. The van der Waals surface area contributed by atoms with Crippen molar-refractivity contribution in [2.24, 2.45) is 0 Å². The summed E-state index contributed by atoms with van der Waals surface area (Å²) in [4.78, 5) is 0. The molecule has 5 heteroatoms. The van der Waals surface area contributed by atoms with Crippen molar-refractivity contribution in [3.8, 4) is 0 Å². The van der Waals surface area contributed by atoms with E-state index in [1.54, 1.807) is 0 Å². The van der Waals surface area contributed by atoms with Gasteiger partial charge in [0.25, 0.3) is 0 Å². The maximum absolute atomic E-state index is 6.17. The van der Waals surface area contributed by atoms with Gasteiger partial charge in [0.15, 0.2) is 0 Å². The molecule has 0 aliphatic carbocycles. The van der Waals surface area contributed by atoms with Crippen molar-refractivity contribution in [1.29, 1.82) is 0 Å². The fourth-order valence-corrected chi connectivity index (χ4v) is 5.68. The van der Waals surface area contributed by atoms with Crippen molar-refractivity contribution in [3.63, 3.8) is 0 Å².